The fourth-order valence-electron chi connectivity index (χ4n) is 3.70. The van der Waals surface area contributed by atoms with Gasteiger partial charge in [0.25, 0.3) is 5.91 Å². The van der Waals surface area contributed by atoms with E-state index in [0.717, 1.165) is 10.4 Å². The van der Waals surface area contributed by atoms with Gasteiger partial charge in [-0.2, -0.15) is 5.26 Å². The molecule has 0 spiro atoms. The third-order valence-electron chi connectivity index (χ3n) is 5.41. The average molecular weight is 453 g/mol. The van der Waals surface area contributed by atoms with Crippen LogP contribution >= 0.6 is 11.3 Å². The van der Waals surface area contributed by atoms with Crippen LogP contribution < -0.4 is 5.32 Å². The number of fused-ring (bicyclic) bond motifs is 1. The number of aryl methyl sites for hydroxylation is 1. The maximum atomic E-state index is 12.8. The van der Waals surface area contributed by atoms with Gasteiger partial charge in [-0.05, 0) is 41.5 Å². The van der Waals surface area contributed by atoms with Gasteiger partial charge in [-0.15, -0.1) is 11.3 Å². The molecule has 32 heavy (non-hydrogen) atoms. The van der Waals surface area contributed by atoms with Crippen LogP contribution in [0.3, 0.4) is 0 Å². The molecule has 1 unspecified atom stereocenters. The highest BCUT2D eigenvalue weighted by molar-refractivity contribution is 7.17. The van der Waals surface area contributed by atoms with Crippen LogP contribution in [0.5, 0.6) is 0 Å². The summed E-state index contributed by atoms with van der Waals surface area (Å²) in [5.41, 5.74) is 2.45. The van der Waals surface area contributed by atoms with Gasteiger partial charge in [0, 0.05) is 4.88 Å². The molecule has 3 rings (SSSR count). The topological polar surface area (TPSA) is 105 Å². The van der Waals surface area contributed by atoms with Crippen LogP contribution in [0.1, 0.15) is 64.0 Å². The molecule has 2 aromatic rings. The summed E-state index contributed by atoms with van der Waals surface area (Å²) in [6.07, 6.45) is 2.61. The monoisotopic (exact) mass is 452 g/mol. The lowest BCUT2D eigenvalue weighted by molar-refractivity contribution is -0.142. The highest BCUT2D eigenvalue weighted by atomic mass is 32.1. The fourth-order valence-corrected chi connectivity index (χ4v) is 4.96. The summed E-state index contributed by atoms with van der Waals surface area (Å²) in [4.78, 5) is 38.4. The van der Waals surface area contributed by atoms with Crippen LogP contribution in [0, 0.1) is 11.3 Å². The van der Waals surface area contributed by atoms with Crippen LogP contribution in [0.15, 0.2) is 29.8 Å². The number of amides is 1. The Morgan fingerprint density at radius 2 is 1.88 bits per heavy atom. The Morgan fingerprint density at radius 3 is 2.44 bits per heavy atom. The smallest absolute Gasteiger partial charge is 0.341 e. The number of nitrogens with zero attached hydrogens (tertiary/aromatic N) is 1. The molecular weight excluding hydrogens is 428 g/mol. The summed E-state index contributed by atoms with van der Waals surface area (Å²) in [5.74, 6) is -1.94. The van der Waals surface area contributed by atoms with Crippen LogP contribution in [-0.4, -0.2) is 32.1 Å². The number of carbonyl (C=O) groups is 3. The van der Waals surface area contributed by atoms with Crippen LogP contribution in [0.4, 0.5) is 5.00 Å². The number of nitriles is 1. The van der Waals surface area contributed by atoms with Crippen molar-refractivity contribution in [2.45, 2.75) is 38.5 Å². The number of esters is 2. The minimum Gasteiger partial charge on any atom is -0.469 e. The molecule has 1 heterocycles. The number of methoxy groups -OCH3 is 2. The summed E-state index contributed by atoms with van der Waals surface area (Å²) in [5, 5.41) is 12.5. The SMILES string of the molecule is COC(=O)c1c(NC(=O)C(C#N)=Cc2ccc(C(C)C)cc2)sc2c1C(C(=O)OC)CC2. The van der Waals surface area contributed by atoms with E-state index in [9.17, 15) is 19.6 Å². The lowest BCUT2D eigenvalue weighted by Crippen LogP contribution is -2.18. The first-order valence-corrected chi connectivity index (χ1v) is 11.0. The van der Waals surface area contributed by atoms with Gasteiger partial charge in [-0.1, -0.05) is 38.1 Å². The van der Waals surface area contributed by atoms with Crippen molar-refractivity contribution in [2.24, 2.45) is 0 Å². The number of nitrogens with one attached hydrogen (secondary N) is 1. The highest BCUT2D eigenvalue weighted by Gasteiger charge is 2.38. The van der Waals surface area contributed by atoms with E-state index in [1.54, 1.807) is 0 Å². The zero-order valence-corrected chi connectivity index (χ0v) is 19.2. The van der Waals surface area contributed by atoms with Gasteiger partial charge in [-0.25, -0.2) is 4.79 Å². The zero-order chi connectivity index (χ0) is 23.4. The summed E-state index contributed by atoms with van der Waals surface area (Å²) in [6.45, 7) is 4.17. The van der Waals surface area contributed by atoms with Crippen molar-refractivity contribution < 1.29 is 23.9 Å². The van der Waals surface area contributed by atoms with Gasteiger partial charge >= 0.3 is 11.9 Å². The Balaban J connectivity index is 1.92. The number of rotatable bonds is 6. The molecule has 1 atom stereocenters. The molecule has 7 nitrogen and oxygen atoms in total. The fraction of sp³-hybridized carbons (Fsp3) is 0.333. The summed E-state index contributed by atoms with van der Waals surface area (Å²) in [7, 11) is 2.53. The lowest BCUT2D eigenvalue weighted by Gasteiger charge is -2.11. The van der Waals surface area contributed by atoms with E-state index in [2.05, 4.69) is 19.2 Å². The third kappa shape index (κ3) is 4.58. The maximum absolute atomic E-state index is 12.8. The van der Waals surface area contributed by atoms with E-state index in [4.69, 9.17) is 9.47 Å². The molecule has 0 saturated heterocycles. The average Bonchev–Trinajstić information content (AvgIpc) is 3.35. The Bertz CT molecular complexity index is 1120. The van der Waals surface area contributed by atoms with Crippen molar-refractivity contribution in [3.63, 3.8) is 0 Å². The molecule has 0 aliphatic heterocycles. The van der Waals surface area contributed by atoms with Gasteiger partial charge in [0.2, 0.25) is 0 Å². The van der Waals surface area contributed by atoms with Gasteiger partial charge in [0.05, 0.1) is 25.7 Å². The minimum atomic E-state index is -0.652. The molecule has 0 bridgehead atoms. The molecule has 1 N–H and O–H groups in total. The van der Waals surface area contributed by atoms with Gasteiger partial charge < -0.3 is 14.8 Å². The molecule has 1 aliphatic carbocycles. The number of benzene rings is 1. The van der Waals surface area contributed by atoms with Crippen LogP contribution in [0.25, 0.3) is 6.08 Å². The summed E-state index contributed by atoms with van der Waals surface area (Å²) < 4.78 is 9.77. The molecular formula is C24H24N2O5S. The molecule has 0 saturated carbocycles. The number of hydrogen-bond donors (Lipinski definition) is 1. The number of anilines is 1. The summed E-state index contributed by atoms with van der Waals surface area (Å²) in [6, 6.07) is 9.52. The van der Waals surface area contributed by atoms with Crippen molar-refractivity contribution >= 4 is 40.3 Å². The van der Waals surface area contributed by atoms with E-state index in [0.29, 0.717) is 29.9 Å². The van der Waals surface area contributed by atoms with E-state index >= 15 is 0 Å². The van der Waals surface area contributed by atoms with E-state index in [1.807, 2.05) is 30.3 Å². The van der Waals surface area contributed by atoms with Crippen molar-refractivity contribution in [3.8, 4) is 6.07 Å². The maximum Gasteiger partial charge on any atom is 0.341 e. The second-order valence-electron chi connectivity index (χ2n) is 7.69. The second kappa shape index (κ2) is 9.79. The van der Waals surface area contributed by atoms with Gasteiger partial charge in [0.15, 0.2) is 0 Å². The molecule has 1 aliphatic rings. The molecule has 1 aromatic heterocycles. The number of carbonyl (C=O) groups excluding carboxylic acids is 3. The molecule has 166 valence electrons. The van der Waals surface area contributed by atoms with Crippen molar-refractivity contribution in [1.29, 1.82) is 5.26 Å². The van der Waals surface area contributed by atoms with E-state index < -0.39 is 23.8 Å². The van der Waals surface area contributed by atoms with Gasteiger partial charge in [0.1, 0.15) is 16.6 Å². The molecule has 8 heteroatoms. The second-order valence-corrected chi connectivity index (χ2v) is 8.80. The Kier molecular flexibility index (Phi) is 7.11. The van der Waals surface area contributed by atoms with Gasteiger partial charge in [-0.3, -0.25) is 9.59 Å². The van der Waals surface area contributed by atoms with Crippen molar-refractivity contribution in [1.82, 2.24) is 0 Å². The first-order valence-electron chi connectivity index (χ1n) is 10.2. The van der Waals surface area contributed by atoms with Crippen molar-refractivity contribution in [2.75, 3.05) is 19.5 Å². The van der Waals surface area contributed by atoms with E-state index in [-0.39, 0.29) is 16.1 Å². The Hall–Kier alpha value is -3.44. The predicted octanol–water partition coefficient (Wildman–Crippen LogP) is 4.41. The lowest BCUT2D eigenvalue weighted by atomic mass is 9.99. The standard InChI is InChI=1S/C24H24N2O5S/c1-13(2)15-7-5-14(6-8-15)11-16(12-25)21(27)26-22-20(24(29)31-4)19-17(23(28)30-3)9-10-18(19)32-22/h5-8,11,13,17H,9-10H2,1-4H3,(H,26,27). The number of thiophene rings is 1. The normalized spacial score (nSPS) is 15.1. The molecule has 1 amide bonds. The predicted molar refractivity (Wildman–Crippen MR) is 121 cm³/mol. The largest absolute Gasteiger partial charge is 0.469 e. The molecule has 1 aromatic carbocycles. The molecule has 0 fully saturated rings. The summed E-state index contributed by atoms with van der Waals surface area (Å²) >= 11 is 1.21. The molecule has 0 radical (unpaired) electrons. The van der Waals surface area contributed by atoms with Crippen molar-refractivity contribution in [3.05, 3.63) is 57.0 Å². The zero-order valence-electron chi connectivity index (χ0n) is 18.4. The number of ether oxygens (including phenoxy) is 2. The van der Waals surface area contributed by atoms with E-state index in [1.165, 1.54) is 31.6 Å². The number of hydrogen-bond acceptors (Lipinski definition) is 7. The highest BCUT2D eigenvalue weighted by Crippen LogP contribution is 2.46. The first-order chi connectivity index (χ1) is 15.3. The Morgan fingerprint density at radius 1 is 1.19 bits per heavy atom. The third-order valence-corrected chi connectivity index (χ3v) is 6.59. The van der Waals surface area contributed by atoms with Crippen LogP contribution in [-0.2, 0) is 25.5 Å². The Labute approximate surface area is 190 Å². The first kappa shape index (κ1) is 23.2. The quantitative estimate of drug-likeness (QED) is 0.395. The minimum absolute atomic E-state index is 0.101. The van der Waals surface area contributed by atoms with Crippen LogP contribution in [0.2, 0.25) is 0 Å².